The molecule has 1 fully saturated rings. The summed E-state index contributed by atoms with van der Waals surface area (Å²) >= 11 is 0. The van der Waals surface area contributed by atoms with Gasteiger partial charge in [-0.25, -0.2) is 8.78 Å². The summed E-state index contributed by atoms with van der Waals surface area (Å²) in [6.45, 7) is 1.44. The molecule has 30 heavy (non-hydrogen) atoms. The molecule has 2 aromatic carbocycles. The maximum absolute atomic E-state index is 14.4. The van der Waals surface area contributed by atoms with Gasteiger partial charge in [0.15, 0.2) is 0 Å². The normalized spacial score (nSPS) is 19.4. The molecule has 0 unspecified atom stereocenters. The van der Waals surface area contributed by atoms with Crippen LogP contribution in [0.2, 0.25) is 0 Å². The van der Waals surface area contributed by atoms with Crippen LogP contribution in [0.5, 0.6) is 5.75 Å². The zero-order valence-electron chi connectivity index (χ0n) is 16.4. The van der Waals surface area contributed by atoms with Crippen molar-refractivity contribution < 1.29 is 23.5 Å². The SMILES string of the molecule is CC(=O)N[C@H](C(=O)N1CC(c2cc(F)ccc2F)=C[C@H]1c1cccc(O)c1)C1CC1. The number of phenolic OH excluding ortho intramolecular Hbond substituents is 1. The first-order valence-electron chi connectivity index (χ1n) is 9.86. The van der Waals surface area contributed by atoms with Crippen LogP contribution in [0.1, 0.15) is 36.9 Å². The molecule has 0 spiro atoms. The van der Waals surface area contributed by atoms with Crippen molar-refractivity contribution in [3.8, 4) is 5.75 Å². The molecule has 1 aliphatic heterocycles. The van der Waals surface area contributed by atoms with Gasteiger partial charge in [0.1, 0.15) is 23.4 Å². The quantitative estimate of drug-likeness (QED) is 0.789. The summed E-state index contributed by atoms with van der Waals surface area (Å²) < 4.78 is 28.2. The number of nitrogens with zero attached hydrogens (tertiary/aromatic N) is 1. The fourth-order valence-corrected chi connectivity index (χ4v) is 3.94. The summed E-state index contributed by atoms with van der Waals surface area (Å²) in [7, 11) is 0. The lowest BCUT2D eigenvalue weighted by molar-refractivity contribution is -0.137. The van der Waals surface area contributed by atoms with Gasteiger partial charge in [0.25, 0.3) is 0 Å². The van der Waals surface area contributed by atoms with Gasteiger partial charge in [-0.15, -0.1) is 0 Å². The molecule has 4 rings (SSSR count). The van der Waals surface area contributed by atoms with Gasteiger partial charge >= 0.3 is 0 Å². The molecule has 0 saturated heterocycles. The lowest BCUT2D eigenvalue weighted by Gasteiger charge is -2.29. The minimum absolute atomic E-state index is 0.0410. The van der Waals surface area contributed by atoms with Crippen molar-refractivity contribution in [2.75, 3.05) is 6.54 Å². The van der Waals surface area contributed by atoms with Crippen molar-refractivity contribution in [1.29, 1.82) is 0 Å². The van der Waals surface area contributed by atoms with Gasteiger partial charge in [0, 0.05) is 19.0 Å². The van der Waals surface area contributed by atoms with Crippen molar-refractivity contribution in [2.24, 2.45) is 5.92 Å². The summed E-state index contributed by atoms with van der Waals surface area (Å²) in [5.41, 5.74) is 1.22. The Bertz CT molecular complexity index is 1030. The smallest absolute Gasteiger partial charge is 0.246 e. The third-order valence-corrected chi connectivity index (χ3v) is 5.52. The zero-order valence-corrected chi connectivity index (χ0v) is 16.4. The Kier molecular flexibility index (Phi) is 5.28. The molecule has 0 bridgehead atoms. The van der Waals surface area contributed by atoms with E-state index in [-0.39, 0.29) is 35.6 Å². The van der Waals surface area contributed by atoms with Crippen LogP contribution >= 0.6 is 0 Å². The minimum atomic E-state index is -0.660. The van der Waals surface area contributed by atoms with Gasteiger partial charge < -0.3 is 15.3 Å². The predicted octanol–water partition coefficient (Wildman–Crippen LogP) is 3.55. The number of nitrogens with one attached hydrogen (secondary N) is 1. The van der Waals surface area contributed by atoms with E-state index in [9.17, 15) is 23.5 Å². The Balaban J connectivity index is 1.72. The fraction of sp³-hybridized carbons (Fsp3) is 0.304. The van der Waals surface area contributed by atoms with Crippen molar-refractivity contribution in [1.82, 2.24) is 10.2 Å². The van der Waals surface area contributed by atoms with Crippen LogP contribution in [0.3, 0.4) is 0 Å². The number of halogens is 2. The molecule has 1 aliphatic carbocycles. The number of hydrogen-bond donors (Lipinski definition) is 2. The van der Waals surface area contributed by atoms with Crippen LogP contribution in [0, 0.1) is 17.6 Å². The number of rotatable bonds is 5. The monoisotopic (exact) mass is 412 g/mol. The van der Waals surface area contributed by atoms with Crippen LogP contribution in [0.15, 0.2) is 48.5 Å². The molecule has 2 aliphatic rings. The van der Waals surface area contributed by atoms with Gasteiger partial charge in [0.2, 0.25) is 11.8 Å². The topological polar surface area (TPSA) is 69.6 Å². The van der Waals surface area contributed by atoms with E-state index in [1.54, 1.807) is 23.1 Å². The van der Waals surface area contributed by atoms with E-state index in [0.717, 1.165) is 31.0 Å². The molecular weight excluding hydrogens is 390 g/mol. The lowest BCUT2D eigenvalue weighted by atomic mass is 10.0. The minimum Gasteiger partial charge on any atom is -0.508 e. The second kappa shape index (κ2) is 7.89. The number of benzene rings is 2. The van der Waals surface area contributed by atoms with Gasteiger partial charge in [-0.3, -0.25) is 9.59 Å². The Morgan fingerprint density at radius 3 is 2.60 bits per heavy atom. The molecule has 2 amide bonds. The molecule has 2 N–H and O–H groups in total. The molecule has 2 aromatic rings. The Hall–Kier alpha value is -3.22. The maximum atomic E-state index is 14.4. The molecular formula is C23H22F2N2O3. The number of phenols is 1. The number of aromatic hydroxyl groups is 1. The second-order valence-corrected chi connectivity index (χ2v) is 7.84. The largest absolute Gasteiger partial charge is 0.508 e. The van der Waals surface area contributed by atoms with Crippen LogP contribution in [0.4, 0.5) is 8.78 Å². The third kappa shape index (κ3) is 4.06. The van der Waals surface area contributed by atoms with Gasteiger partial charge in [0.05, 0.1) is 6.04 Å². The molecule has 0 radical (unpaired) electrons. The van der Waals surface area contributed by atoms with Gasteiger partial charge in [-0.1, -0.05) is 18.2 Å². The third-order valence-electron chi connectivity index (χ3n) is 5.52. The highest BCUT2D eigenvalue weighted by Crippen LogP contribution is 2.40. The summed E-state index contributed by atoms with van der Waals surface area (Å²) in [5, 5.41) is 12.6. The number of carbonyl (C=O) groups is 2. The maximum Gasteiger partial charge on any atom is 0.246 e. The number of carbonyl (C=O) groups excluding carboxylic acids is 2. The molecule has 156 valence electrons. The Morgan fingerprint density at radius 2 is 1.93 bits per heavy atom. The van der Waals surface area contributed by atoms with E-state index in [1.165, 1.54) is 19.1 Å². The Morgan fingerprint density at radius 1 is 1.17 bits per heavy atom. The summed E-state index contributed by atoms with van der Waals surface area (Å²) in [6, 6.07) is 8.46. The summed E-state index contributed by atoms with van der Waals surface area (Å²) in [6.07, 6.45) is 3.41. The van der Waals surface area contributed by atoms with Crippen LogP contribution in [-0.2, 0) is 9.59 Å². The predicted molar refractivity (Wildman–Crippen MR) is 107 cm³/mol. The van der Waals surface area contributed by atoms with Gasteiger partial charge in [-0.2, -0.15) is 0 Å². The van der Waals surface area contributed by atoms with Crippen molar-refractivity contribution in [2.45, 2.75) is 31.8 Å². The first kappa shape index (κ1) is 20.1. The van der Waals surface area contributed by atoms with Crippen LogP contribution in [0.25, 0.3) is 5.57 Å². The molecule has 1 heterocycles. The van der Waals surface area contributed by atoms with E-state index in [0.29, 0.717) is 11.1 Å². The zero-order chi connectivity index (χ0) is 21.4. The van der Waals surface area contributed by atoms with Crippen LogP contribution < -0.4 is 5.32 Å². The molecule has 7 heteroatoms. The molecule has 2 atom stereocenters. The lowest BCUT2D eigenvalue weighted by Crippen LogP contribution is -2.49. The average molecular weight is 412 g/mol. The highest BCUT2D eigenvalue weighted by atomic mass is 19.1. The van der Waals surface area contributed by atoms with Gasteiger partial charge in [-0.05, 0) is 60.2 Å². The average Bonchev–Trinajstić information content (AvgIpc) is 3.45. The standard InChI is InChI=1S/C23H22F2N2O3/c1-13(28)26-22(14-5-6-14)23(30)27-12-16(19-11-17(24)7-8-20(19)25)10-21(27)15-3-2-4-18(29)9-15/h2-4,7-11,14,21-22,29H,5-6,12H2,1H3,(H,26,28)/t21-,22-/m0/s1. The van der Waals surface area contributed by atoms with E-state index in [2.05, 4.69) is 5.32 Å². The van der Waals surface area contributed by atoms with E-state index >= 15 is 0 Å². The summed E-state index contributed by atoms with van der Waals surface area (Å²) in [4.78, 5) is 26.6. The van der Waals surface area contributed by atoms with Crippen molar-refractivity contribution in [3.63, 3.8) is 0 Å². The first-order valence-corrected chi connectivity index (χ1v) is 9.86. The van der Waals surface area contributed by atoms with Crippen molar-refractivity contribution in [3.05, 3.63) is 71.3 Å². The van der Waals surface area contributed by atoms with E-state index in [1.807, 2.05) is 0 Å². The summed E-state index contributed by atoms with van der Waals surface area (Å²) in [5.74, 6) is -1.60. The number of hydrogen-bond acceptors (Lipinski definition) is 3. The molecule has 1 saturated carbocycles. The first-order chi connectivity index (χ1) is 14.3. The van der Waals surface area contributed by atoms with Crippen molar-refractivity contribution >= 4 is 17.4 Å². The van der Waals surface area contributed by atoms with E-state index in [4.69, 9.17) is 0 Å². The second-order valence-electron chi connectivity index (χ2n) is 7.84. The highest BCUT2D eigenvalue weighted by molar-refractivity contribution is 5.90. The van der Waals surface area contributed by atoms with E-state index < -0.39 is 23.7 Å². The highest BCUT2D eigenvalue weighted by Gasteiger charge is 2.42. The molecule has 5 nitrogen and oxygen atoms in total. The molecule has 0 aromatic heterocycles. The Labute approximate surface area is 173 Å². The van der Waals surface area contributed by atoms with Crippen LogP contribution in [-0.4, -0.2) is 34.4 Å². The fourth-order valence-electron chi connectivity index (χ4n) is 3.94. The number of amides is 2.